The van der Waals surface area contributed by atoms with E-state index in [-0.39, 0.29) is 19.0 Å². The molecular formula is C28H25NO5. The van der Waals surface area contributed by atoms with Crippen molar-refractivity contribution in [1.82, 2.24) is 0 Å². The molecule has 2 aliphatic heterocycles. The van der Waals surface area contributed by atoms with Gasteiger partial charge in [-0.1, -0.05) is 60.7 Å². The van der Waals surface area contributed by atoms with Crippen molar-refractivity contribution in [2.75, 3.05) is 18.2 Å². The lowest BCUT2D eigenvalue weighted by molar-refractivity contribution is -0.140. The fraction of sp³-hybridized carbons (Fsp3) is 0.214. The van der Waals surface area contributed by atoms with Crippen molar-refractivity contribution >= 4 is 23.5 Å². The molecule has 0 saturated heterocycles. The summed E-state index contributed by atoms with van der Waals surface area (Å²) in [6, 6.07) is 22.6. The van der Waals surface area contributed by atoms with Gasteiger partial charge in [0.2, 0.25) is 6.79 Å². The normalized spacial score (nSPS) is 18.5. The summed E-state index contributed by atoms with van der Waals surface area (Å²) >= 11 is 0. The van der Waals surface area contributed by atoms with Crippen molar-refractivity contribution in [3.63, 3.8) is 0 Å². The number of anilines is 1. The molecule has 0 saturated carbocycles. The molecule has 1 amide bonds. The first-order chi connectivity index (χ1) is 16.5. The molecule has 2 aliphatic rings. The minimum atomic E-state index is -1.88. The van der Waals surface area contributed by atoms with Gasteiger partial charge in [0.05, 0.1) is 12.1 Å². The lowest BCUT2D eigenvalue weighted by Gasteiger charge is -2.22. The summed E-state index contributed by atoms with van der Waals surface area (Å²) in [5, 5.41) is 11.4. The number of nitrogens with zero attached hydrogens (tertiary/aromatic N) is 1. The second-order valence-corrected chi connectivity index (χ2v) is 8.51. The molecule has 0 aromatic heterocycles. The van der Waals surface area contributed by atoms with Crippen LogP contribution in [0, 0.1) is 0 Å². The van der Waals surface area contributed by atoms with E-state index in [1.54, 1.807) is 35.2 Å². The lowest BCUT2D eigenvalue weighted by Crippen LogP contribution is -2.42. The van der Waals surface area contributed by atoms with Crippen molar-refractivity contribution in [3.05, 3.63) is 95.6 Å². The average molecular weight is 456 g/mol. The maximum absolute atomic E-state index is 13.3. The van der Waals surface area contributed by atoms with Crippen molar-refractivity contribution in [1.29, 1.82) is 0 Å². The molecule has 0 spiro atoms. The van der Waals surface area contributed by atoms with Crippen molar-refractivity contribution in [2.45, 2.75) is 24.9 Å². The summed E-state index contributed by atoms with van der Waals surface area (Å²) in [5.74, 6) is 0.499. The summed E-state index contributed by atoms with van der Waals surface area (Å²) in [7, 11) is 0. The standard InChI is InChI=1S/C28H25NO5/c30-22(14-12-21-13-15-25-26(17-21)34-19-33-25)18-28(32)23-10-4-5-11-24(23)29(27(28)31)16-6-9-20-7-2-1-3-8-20/h1-5,7-8,10-15,17,32H,6,9,16,18-19H2/b14-12+/t28-/m0/s1. The SMILES string of the molecule is O=C(/C=C/c1ccc2c(c1)OCO2)C[C@@]1(O)C(=O)N(CCCc2ccccc2)c2ccccc21. The van der Waals surface area contributed by atoms with Crippen LogP contribution in [0.5, 0.6) is 11.5 Å². The van der Waals surface area contributed by atoms with Gasteiger partial charge in [0.1, 0.15) is 0 Å². The van der Waals surface area contributed by atoms with Gasteiger partial charge in [0.25, 0.3) is 5.91 Å². The van der Waals surface area contributed by atoms with E-state index in [4.69, 9.17) is 9.47 Å². The summed E-state index contributed by atoms with van der Waals surface area (Å²) < 4.78 is 10.7. The zero-order chi connectivity index (χ0) is 23.5. The van der Waals surface area contributed by atoms with Crippen LogP contribution in [0.3, 0.4) is 0 Å². The fourth-order valence-electron chi connectivity index (χ4n) is 4.50. The monoisotopic (exact) mass is 455 g/mol. The van der Waals surface area contributed by atoms with Gasteiger partial charge in [-0.05, 0) is 48.2 Å². The summed E-state index contributed by atoms with van der Waals surface area (Å²) in [6.07, 6.45) is 4.29. The highest BCUT2D eigenvalue weighted by molar-refractivity contribution is 6.10. The molecule has 0 fully saturated rings. The van der Waals surface area contributed by atoms with Gasteiger partial charge < -0.3 is 19.5 Å². The number of para-hydroxylation sites is 1. The molecule has 0 unspecified atom stereocenters. The van der Waals surface area contributed by atoms with Crippen LogP contribution < -0.4 is 14.4 Å². The third-order valence-electron chi connectivity index (χ3n) is 6.22. The second kappa shape index (κ2) is 9.15. The Morgan fingerprint density at radius 2 is 1.76 bits per heavy atom. The van der Waals surface area contributed by atoms with Gasteiger partial charge >= 0.3 is 0 Å². The van der Waals surface area contributed by atoms with Crippen molar-refractivity contribution in [3.8, 4) is 11.5 Å². The predicted octanol–water partition coefficient (Wildman–Crippen LogP) is 4.25. The van der Waals surface area contributed by atoms with Gasteiger partial charge in [-0.15, -0.1) is 0 Å². The number of aliphatic hydroxyl groups is 1. The molecule has 6 nitrogen and oxygen atoms in total. The number of hydrogen-bond acceptors (Lipinski definition) is 5. The molecule has 3 aromatic carbocycles. The number of ketones is 1. The number of hydrogen-bond donors (Lipinski definition) is 1. The Morgan fingerprint density at radius 3 is 2.62 bits per heavy atom. The van der Waals surface area contributed by atoms with E-state index in [1.807, 2.05) is 36.4 Å². The smallest absolute Gasteiger partial charge is 0.264 e. The lowest BCUT2D eigenvalue weighted by atomic mass is 9.89. The van der Waals surface area contributed by atoms with Gasteiger partial charge in [-0.3, -0.25) is 9.59 Å². The van der Waals surface area contributed by atoms with Crippen LogP contribution in [0.15, 0.2) is 78.9 Å². The van der Waals surface area contributed by atoms with Crippen LogP contribution in [-0.2, 0) is 21.6 Å². The molecule has 34 heavy (non-hydrogen) atoms. The van der Waals surface area contributed by atoms with Crippen molar-refractivity contribution in [2.24, 2.45) is 0 Å². The zero-order valence-electron chi connectivity index (χ0n) is 18.6. The topological polar surface area (TPSA) is 76.1 Å². The number of aryl methyl sites for hydroxylation is 1. The first kappa shape index (κ1) is 21.9. The number of carbonyl (C=O) groups is 2. The van der Waals surface area contributed by atoms with E-state index in [0.717, 1.165) is 18.4 Å². The van der Waals surface area contributed by atoms with E-state index in [9.17, 15) is 14.7 Å². The predicted molar refractivity (Wildman–Crippen MR) is 129 cm³/mol. The highest BCUT2D eigenvalue weighted by Crippen LogP contribution is 2.42. The quantitative estimate of drug-likeness (QED) is 0.514. The Kier molecular flexibility index (Phi) is 5.90. The highest BCUT2D eigenvalue weighted by Gasteiger charge is 2.50. The number of amides is 1. The minimum absolute atomic E-state index is 0.178. The Balaban J connectivity index is 1.29. The fourth-order valence-corrected chi connectivity index (χ4v) is 4.50. The summed E-state index contributed by atoms with van der Waals surface area (Å²) in [4.78, 5) is 27.7. The number of rotatable bonds is 8. The molecule has 1 atom stereocenters. The number of ether oxygens (including phenoxy) is 2. The molecule has 6 heteroatoms. The Labute approximate surface area is 198 Å². The molecule has 2 heterocycles. The maximum Gasteiger partial charge on any atom is 0.264 e. The summed E-state index contributed by atoms with van der Waals surface area (Å²) in [5.41, 5.74) is 1.23. The van der Waals surface area contributed by atoms with E-state index in [2.05, 4.69) is 12.1 Å². The molecule has 0 bridgehead atoms. The third kappa shape index (κ3) is 4.20. The summed E-state index contributed by atoms with van der Waals surface area (Å²) in [6.45, 7) is 0.645. The first-order valence-electron chi connectivity index (χ1n) is 11.3. The Morgan fingerprint density at radius 1 is 1.00 bits per heavy atom. The van der Waals surface area contributed by atoms with Crippen LogP contribution in [-0.4, -0.2) is 30.1 Å². The highest BCUT2D eigenvalue weighted by atomic mass is 16.7. The first-order valence-corrected chi connectivity index (χ1v) is 11.3. The molecule has 3 aromatic rings. The zero-order valence-corrected chi connectivity index (χ0v) is 18.6. The van der Waals surface area contributed by atoms with E-state index < -0.39 is 11.5 Å². The van der Waals surface area contributed by atoms with E-state index in [1.165, 1.54) is 11.6 Å². The number of allylic oxidation sites excluding steroid dienone is 1. The number of carbonyl (C=O) groups excluding carboxylic acids is 2. The molecule has 172 valence electrons. The maximum atomic E-state index is 13.3. The molecule has 5 rings (SSSR count). The van der Waals surface area contributed by atoms with Crippen LogP contribution >= 0.6 is 0 Å². The van der Waals surface area contributed by atoms with Gasteiger partial charge in [0.15, 0.2) is 22.9 Å². The molecule has 1 N–H and O–H groups in total. The minimum Gasteiger partial charge on any atom is -0.454 e. The Hall–Kier alpha value is -3.90. The van der Waals surface area contributed by atoms with E-state index >= 15 is 0 Å². The van der Waals surface area contributed by atoms with Crippen LogP contribution in [0.2, 0.25) is 0 Å². The largest absolute Gasteiger partial charge is 0.454 e. The average Bonchev–Trinajstić information content (AvgIpc) is 3.40. The van der Waals surface area contributed by atoms with Crippen LogP contribution in [0.4, 0.5) is 5.69 Å². The molecule has 0 aliphatic carbocycles. The van der Waals surface area contributed by atoms with Crippen LogP contribution in [0.1, 0.15) is 29.5 Å². The Bertz CT molecular complexity index is 1250. The number of fused-ring (bicyclic) bond motifs is 2. The molecule has 0 radical (unpaired) electrons. The van der Waals surface area contributed by atoms with E-state index in [0.29, 0.717) is 29.3 Å². The van der Waals surface area contributed by atoms with Gasteiger partial charge in [0, 0.05) is 12.1 Å². The van der Waals surface area contributed by atoms with Crippen molar-refractivity contribution < 1.29 is 24.2 Å². The second-order valence-electron chi connectivity index (χ2n) is 8.51. The molecular weight excluding hydrogens is 430 g/mol. The third-order valence-corrected chi connectivity index (χ3v) is 6.22. The van der Waals surface area contributed by atoms with Gasteiger partial charge in [-0.2, -0.15) is 0 Å². The van der Waals surface area contributed by atoms with Crippen LogP contribution in [0.25, 0.3) is 6.08 Å². The van der Waals surface area contributed by atoms with Gasteiger partial charge in [-0.25, -0.2) is 0 Å². The number of benzene rings is 3.